The summed E-state index contributed by atoms with van der Waals surface area (Å²) in [6, 6.07) is 0. The number of nitrogens with zero attached hydrogens (tertiary/aromatic N) is 1. The van der Waals surface area contributed by atoms with Gasteiger partial charge in [0.2, 0.25) is 0 Å². The zero-order valence-electron chi connectivity index (χ0n) is 8.22. The van der Waals surface area contributed by atoms with E-state index in [1.165, 1.54) is 4.90 Å². The fourth-order valence-corrected chi connectivity index (χ4v) is 1.45. The van der Waals surface area contributed by atoms with Crippen molar-refractivity contribution >= 4 is 0 Å². The first-order chi connectivity index (χ1) is 6.42. The van der Waals surface area contributed by atoms with Crippen LogP contribution in [-0.4, -0.2) is 41.9 Å². The third kappa shape index (κ3) is 4.28. The Kier molecular flexibility index (Phi) is 3.78. The summed E-state index contributed by atoms with van der Waals surface area (Å²) < 4.78 is 36.1. The molecular weight excluding hydrogens is 195 g/mol. The maximum atomic E-state index is 12.0. The van der Waals surface area contributed by atoms with Gasteiger partial charge in [0.05, 0.1) is 12.6 Å². The van der Waals surface area contributed by atoms with Gasteiger partial charge in [0.15, 0.2) is 0 Å². The number of aliphatic hydroxyl groups is 1. The molecule has 0 radical (unpaired) electrons. The van der Waals surface area contributed by atoms with Crippen LogP contribution in [0, 0.1) is 5.92 Å². The molecule has 0 heterocycles. The second kappa shape index (κ2) is 4.49. The molecule has 1 aliphatic carbocycles. The molecule has 0 aliphatic heterocycles. The third-order valence-corrected chi connectivity index (χ3v) is 2.46. The van der Waals surface area contributed by atoms with Gasteiger partial charge in [0, 0.05) is 6.54 Å². The number of likely N-dealkylation sites (N-methyl/N-ethyl adjacent to an activating group) is 1. The molecule has 2 nitrogen and oxygen atoms in total. The largest absolute Gasteiger partial charge is 0.401 e. The molecule has 1 atom stereocenters. The van der Waals surface area contributed by atoms with E-state index in [4.69, 9.17) is 0 Å². The van der Waals surface area contributed by atoms with Crippen LogP contribution in [0.25, 0.3) is 0 Å². The monoisotopic (exact) mass is 211 g/mol. The Hall–Kier alpha value is -0.290. The first-order valence-corrected chi connectivity index (χ1v) is 4.89. The summed E-state index contributed by atoms with van der Waals surface area (Å²) in [7, 11) is 0. The predicted octanol–water partition coefficient (Wildman–Crippen LogP) is 1.64. The summed E-state index contributed by atoms with van der Waals surface area (Å²) in [5.74, 6) is 0.234. The van der Waals surface area contributed by atoms with E-state index in [0.29, 0.717) is 6.54 Å². The SMILES string of the molecule is CCN(CC(O)C1CC1)CC(F)(F)F. The molecule has 0 aromatic rings. The van der Waals surface area contributed by atoms with E-state index in [9.17, 15) is 18.3 Å². The molecule has 84 valence electrons. The van der Waals surface area contributed by atoms with Gasteiger partial charge in [-0.1, -0.05) is 6.92 Å². The molecule has 1 fully saturated rings. The van der Waals surface area contributed by atoms with Crippen molar-refractivity contribution in [3.05, 3.63) is 0 Å². The fraction of sp³-hybridized carbons (Fsp3) is 1.00. The van der Waals surface area contributed by atoms with Crippen molar-refractivity contribution in [2.45, 2.75) is 32.0 Å². The molecule has 1 aliphatic rings. The molecule has 1 N–H and O–H groups in total. The van der Waals surface area contributed by atoms with Gasteiger partial charge in [-0.15, -0.1) is 0 Å². The number of hydrogen-bond donors (Lipinski definition) is 1. The van der Waals surface area contributed by atoms with Crippen molar-refractivity contribution in [3.63, 3.8) is 0 Å². The molecule has 1 rings (SSSR count). The van der Waals surface area contributed by atoms with E-state index in [1.807, 2.05) is 0 Å². The van der Waals surface area contributed by atoms with E-state index in [0.717, 1.165) is 12.8 Å². The van der Waals surface area contributed by atoms with E-state index in [-0.39, 0.29) is 12.5 Å². The van der Waals surface area contributed by atoms with Crippen LogP contribution in [0.4, 0.5) is 13.2 Å². The molecule has 0 aromatic heterocycles. The van der Waals surface area contributed by atoms with Crippen molar-refractivity contribution < 1.29 is 18.3 Å². The van der Waals surface area contributed by atoms with Gasteiger partial charge in [-0.2, -0.15) is 13.2 Å². The average molecular weight is 211 g/mol. The van der Waals surface area contributed by atoms with Crippen LogP contribution in [0.5, 0.6) is 0 Å². The van der Waals surface area contributed by atoms with Crippen LogP contribution < -0.4 is 0 Å². The van der Waals surface area contributed by atoms with Crippen LogP contribution in [-0.2, 0) is 0 Å². The Labute approximate surface area is 81.7 Å². The highest BCUT2D eigenvalue weighted by atomic mass is 19.4. The summed E-state index contributed by atoms with van der Waals surface area (Å²) in [5, 5.41) is 9.48. The summed E-state index contributed by atoms with van der Waals surface area (Å²) in [5.41, 5.74) is 0. The van der Waals surface area contributed by atoms with Gasteiger partial charge < -0.3 is 5.11 Å². The van der Waals surface area contributed by atoms with Crippen molar-refractivity contribution in [1.29, 1.82) is 0 Å². The Morgan fingerprint density at radius 1 is 1.43 bits per heavy atom. The first kappa shape index (κ1) is 11.8. The minimum Gasteiger partial charge on any atom is -0.392 e. The normalized spacial score (nSPS) is 20.1. The smallest absolute Gasteiger partial charge is 0.392 e. The van der Waals surface area contributed by atoms with Crippen LogP contribution in [0.2, 0.25) is 0 Å². The molecule has 1 saturated carbocycles. The second-order valence-electron chi connectivity index (χ2n) is 3.85. The van der Waals surface area contributed by atoms with Crippen molar-refractivity contribution in [3.8, 4) is 0 Å². The van der Waals surface area contributed by atoms with Gasteiger partial charge in [0.1, 0.15) is 0 Å². The summed E-state index contributed by atoms with van der Waals surface area (Å²) in [4.78, 5) is 1.24. The minimum absolute atomic E-state index is 0.140. The van der Waals surface area contributed by atoms with Crippen LogP contribution >= 0.6 is 0 Å². The number of halogens is 3. The lowest BCUT2D eigenvalue weighted by molar-refractivity contribution is -0.148. The highest BCUT2D eigenvalue weighted by molar-refractivity contribution is 4.83. The van der Waals surface area contributed by atoms with Gasteiger partial charge in [-0.3, -0.25) is 4.90 Å². The van der Waals surface area contributed by atoms with Gasteiger partial charge >= 0.3 is 6.18 Å². The molecule has 0 aromatic carbocycles. The Morgan fingerprint density at radius 3 is 2.36 bits per heavy atom. The number of rotatable bonds is 5. The Bertz CT molecular complexity index is 179. The molecule has 0 amide bonds. The van der Waals surface area contributed by atoms with Gasteiger partial charge in [-0.05, 0) is 25.3 Å². The fourth-order valence-electron chi connectivity index (χ4n) is 1.45. The quantitative estimate of drug-likeness (QED) is 0.747. The van der Waals surface area contributed by atoms with Crippen LogP contribution in [0.1, 0.15) is 19.8 Å². The Balaban J connectivity index is 2.30. The Morgan fingerprint density at radius 2 is 2.00 bits per heavy atom. The van der Waals surface area contributed by atoms with Crippen LogP contribution in [0.3, 0.4) is 0 Å². The van der Waals surface area contributed by atoms with Gasteiger partial charge in [0.25, 0.3) is 0 Å². The van der Waals surface area contributed by atoms with Crippen LogP contribution in [0.15, 0.2) is 0 Å². The predicted molar refractivity (Wildman–Crippen MR) is 46.9 cm³/mol. The van der Waals surface area contributed by atoms with E-state index >= 15 is 0 Å². The number of hydrogen-bond acceptors (Lipinski definition) is 2. The highest BCUT2D eigenvalue weighted by Gasteiger charge is 2.34. The summed E-state index contributed by atoms with van der Waals surface area (Å²) in [6.45, 7) is 1.21. The molecule has 14 heavy (non-hydrogen) atoms. The lowest BCUT2D eigenvalue weighted by Crippen LogP contribution is -2.39. The molecule has 0 saturated heterocycles. The lowest BCUT2D eigenvalue weighted by Gasteiger charge is -2.24. The van der Waals surface area contributed by atoms with E-state index in [1.54, 1.807) is 6.92 Å². The molecule has 5 heteroatoms. The minimum atomic E-state index is -4.17. The molecule has 1 unspecified atom stereocenters. The zero-order chi connectivity index (χ0) is 10.8. The van der Waals surface area contributed by atoms with E-state index < -0.39 is 18.8 Å². The molecule has 0 spiro atoms. The number of aliphatic hydroxyl groups excluding tert-OH is 1. The summed E-state index contributed by atoms with van der Waals surface area (Å²) in [6.07, 6.45) is -2.85. The first-order valence-electron chi connectivity index (χ1n) is 4.89. The molecular formula is C9H16F3NO. The van der Waals surface area contributed by atoms with E-state index in [2.05, 4.69) is 0 Å². The maximum Gasteiger partial charge on any atom is 0.401 e. The second-order valence-corrected chi connectivity index (χ2v) is 3.85. The lowest BCUT2D eigenvalue weighted by atomic mass is 10.2. The van der Waals surface area contributed by atoms with Crippen molar-refractivity contribution in [2.75, 3.05) is 19.6 Å². The molecule has 0 bridgehead atoms. The third-order valence-electron chi connectivity index (χ3n) is 2.46. The zero-order valence-corrected chi connectivity index (χ0v) is 8.22. The van der Waals surface area contributed by atoms with Crippen molar-refractivity contribution in [1.82, 2.24) is 4.90 Å². The average Bonchev–Trinajstić information content (AvgIpc) is 2.82. The maximum absolute atomic E-state index is 12.0. The number of alkyl halides is 3. The van der Waals surface area contributed by atoms with Crippen molar-refractivity contribution in [2.24, 2.45) is 5.92 Å². The standard InChI is InChI=1S/C9H16F3NO/c1-2-13(6-9(10,11)12)5-8(14)7-3-4-7/h7-8,14H,2-6H2,1H3. The topological polar surface area (TPSA) is 23.5 Å². The summed E-state index contributed by atoms with van der Waals surface area (Å²) >= 11 is 0. The highest BCUT2D eigenvalue weighted by Crippen LogP contribution is 2.33. The van der Waals surface area contributed by atoms with Gasteiger partial charge in [-0.25, -0.2) is 0 Å².